The molecule has 8 heteroatoms. The van der Waals surface area contributed by atoms with Crippen LogP contribution in [0.4, 0.5) is 0 Å². The Morgan fingerprint density at radius 3 is 2.43 bits per heavy atom. The molecule has 1 aliphatic heterocycles. The van der Waals surface area contributed by atoms with E-state index in [1.165, 1.54) is 12.1 Å². The van der Waals surface area contributed by atoms with Crippen LogP contribution in [0.2, 0.25) is 0 Å². The number of likely N-dealkylation sites (tertiary alicyclic amines) is 1. The summed E-state index contributed by atoms with van der Waals surface area (Å²) in [6.07, 6.45) is 3.68. The Balaban J connectivity index is 0.00000192. The highest BCUT2D eigenvalue weighted by Crippen LogP contribution is 2.23. The van der Waals surface area contributed by atoms with Gasteiger partial charge in [0.25, 0.3) is 5.91 Å². The molecule has 2 fully saturated rings. The summed E-state index contributed by atoms with van der Waals surface area (Å²) in [7, 11) is -3.47. The molecule has 3 N–H and O–H groups in total. The highest BCUT2D eigenvalue weighted by atomic mass is 35.5. The zero-order chi connectivity index (χ0) is 15.7. The van der Waals surface area contributed by atoms with Gasteiger partial charge < -0.3 is 10.6 Å². The van der Waals surface area contributed by atoms with Crippen molar-refractivity contribution in [1.29, 1.82) is 0 Å². The summed E-state index contributed by atoms with van der Waals surface area (Å²) in [5.74, 6) is -0.0768. The molecule has 1 atom stereocenters. The van der Waals surface area contributed by atoms with Crippen molar-refractivity contribution >= 4 is 28.3 Å². The molecule has 1 saturated carbocycles. The molecule has 1 aliphatic carbocycles. The summed E-state index contributed by atoms with van der Waals surface area (Å²) < 4.78 is 26.8. The summed E-state index contributed by atoms with van der Waals surface area (Å²) in [5.41, 5.74) is 6.20. The van der Waals surface area contributed by atoms with Gasteiger partial charge in [-0.15, -0.1) is 12.4 Å². The summed E-state index contributed by atoms with van der Waals surface area (Å²) >= 11 is 0. The number of carbonyl (C=O) groups is 1. The van der Waals surface area contributed by atoms with Gasteiger partial charge in [-0.3, -0.25) is 4.79 Å². The SMILES string of the molecule is Cl.NCC1CCCN1C(=O)c1ccc(S(=O)(=O)NC2CC2)cc1. The van der Waals surface area contributed by atoms with E-state index in [0.717, 1.165) is 25.7 Å². The van der Waals surface area contributed by atoms with Gasteiger partial charge in [-0.1, -0.05) is 0 Å². The minimum atomic E-state index is -3.47. The Morgan fingerprint density at radius 2 is 1.87 bits per heavy atom. The summed E-state index contributed by atoms with van der Waals surface area (Å²) in [5, 5.41) is 0. The predicted molar refractivity (Wildman–Crippen MR) is 90.1 cm³/mol. The second kappa shape index (κ2) is 7.17. The highest BCUT2D eigenvalue weighted by molar-refractivity contribution is 7.89. The first-order chi connectivity index (χ1) is 10.5. The average Bonchev–Trinajstić information content (AvgIpc) is 3.18. The Morgan fingerprint density at radius 1 is 1.22 bits per heavy atom. The topological polar surface area (TPSA) is 92.5 Å². The van der Waals surface area contributed by atoms with Crippen LogP contribution < -0.4 is 10.5 Å². The maximum Gasteiger partial charge on any atom is 0.254 e. The lowest BCUT2D eigenvalue weighted by atomic mass is 10.1. The number of benzene rings is 1. The number of halogens is 1. The number of hydrogen-bond acceptors (Lipinski definition) is 4. The van der Waals surface area contributed by atoms with Crippen molar-refractivity contribution in [3.8, 4) is 0 Å². The third-order valence-corrected chi connectivity index (χ3v) is 5.76. The first-order valence-corrected chi connectivity index (χ1v) is 9.13. The van der Waals surface area contributed by atoms with Crippen molar-refractivity contribution in [3.05, 3.63) is 29.8 Å². The van der Waals surface area contributed by atoms with Crippen molar-refractivity contribution in [1.82, 2.24) is 9.62 Å². The minimum Gasteiger partial charge on any atom is -0.334 e. The number of nitrogens with two attached hydrogens (primary N) is 1. The molecule has 1 amide bonds. The molecule has 6 nitrogen and oxygen atoms in total. The van der Waals surface area contributed by atoms with Crippen molar-refractivity contribution in [3.63, 3.8) is 0 Å². The van der Waals surface area contributed by atoms with Gasteiger partial charge in [0.05, 0.1) is 4.90 Å². The lowest BCUT2D eigenvalue weighted by molar-refractivity contribution is 0.0741. The molecule has 0 spiro atoms. The molecule has 23 heavy (non-hydrogen) atoms. The number of nitrogens with one attached hydrogen (secondary N) is 1. The summed E-state index contributed by atoms with van der Waals surface area (Å²) in [4.78, 5) is 14.5. The van der Waals surface area contributed by atoms with Crippen LogP contribution in [0.1, 0.15) is 36.0 Å². The average molecular weight is 360 g/mol. The smallest absolute Gasteiger partial charge is 0.254 e. The third-order valence-electron chi connectivity index (χ3n) is 4.22. The van der Waals surface area contributed by atoms with E-state index in [1.54, 1.807) is 17.0 Å². The van der Waals surface area contributed by atoms with Crippen molar-refractivity contribution in [2.45, 2.75) is 42.7 Å². The Kier molecular flexibility index (Phi) is 5.67. The van der Waals surface area contributed by atoms with E-state index in [0.29, 0.717) is 18.7 Å². The van der Waals surface area contributed by atoms with E-state index in [-0.39, 0.29) is 35.3 Å². The second-order valence-corrected chi connectivity index (χ2v) is 7.66. The summed E-state index contributed by atoms with van der Waals surface area (Å²) in [6, 6.07) is 6.30. The fraction of sp³-hybridized carbons (Fsp3) is 0.533. The first kappa shape index (κ1) is 18.2. The van der Waals surface area contributed by atoms with Crippen molar-refractivity contribution < 1.29 is 13.2 Å². The molecule has 1 aromatic carbocycles. The predicted octanol–water partition coefficient (Wildman–Crippen LogP) is 1.11. The van der Waals surface area contributed by atoms with Crippen LogP contribution >= 0.6 is 12.4 Å². The second-order valence-electron chi connectivity index (χ2n) is 5.95. The molecular formula is C15H22ClN3O3S. The van der Waals surface area contributed by atoms with Crippen LogP contribution in [-0.4, -0.2) is 44.4 Å². The number of amides is 1. The van der Waals surface area contributed by atoms with Gasteiger partial charge in [-0.25, -0.2) is 13.1 Å². The molecular weight excluding hydrogens is 338 g/mol. The van der Waals surface area contributed by atoms with Crippen molar-refractivity contribution in [2.24, 2.45) is 5.73 Å². The number of nitrogens with zero attached hydrogens (tertiary/aromatic N) is 1. The zero-order valence-corrected chi connectivity index (χ0v) is 14.4. The maximum atomic E-state index is 12.5. The van der Waals surface area contributed by atoms with Crippen molar-refractivity contribution in [2.75, 3.05) is 13.1 Å². The third kappa shape index (κ3) is 4.03. The molecule has 1 heterocycles. The molecule has 128 valence electrons. The Labute approximate surface area is 142 Å². The summed E-state index contributed by atoms with van der Waals surface area (Å²) in [6.45, 7) is 1.17. The van der Waals surface area contributed by atoms with Gasteiger partial charge in [-0.2, -0.15) is 0 Å². The Bertz CT molecular complexity index is 659. The number of sulfonamides is 1. The molecule has 2 aliphatic rings. The normalized spacial score (nSPS) is 21.1. The van der Waals surface area contributed by atoms with Gasteiger partial charge in [0.15, 0.2) is 0 Å². The van der Waals surface area contributed by atoms with Crippen LogP contribution in [-0.2, 0) is 10.0 Å². The lowest BCUT2D eigenvalue weighted by Crippen LogP contribution is -2.39. The number of rotatable bonds is 5. The lowest BCUT2D eigenvalue weighted by Gasteiger charge is -2.23. The van der Waals surface area contributed by atoms with E-state index in [1.807, 2.05) is 0 Å². The van der Waals surface area contributed by atoms with Crippen LogP contribution in [0.25, 0.3) is 0 Å². The van der Waals surface area contributed by atoms with E-state index >= 15 is 0 Å². The molecule has 1 aromatic rings. The molecule has 0 aromatic heterocycles. The molecule has 1 saturated heterocycles. The van der Waals surface area contributed by atoms with Crippen LogP contribution in [0.3, 0.4) is 0 Å². The first-order valence-electron chi connectivity index (χ1n) is 7.65. The standard InChI is InChI=1S/C15H21N3O3S.ClH/c16-10-13-2-1-9-18(13)15(19)11-3-7-14(8-4-11)22(20,21)17-12-5-6-12;/h3-4,7-8,12-13,17H,1-2,5-6,9-10,16H2;1H. The van der Waals surface area contributed by atoms with Gasteiger partial charge in [-0.05, 0) is 49.9 Å². The fourth-order valence-electron chi connectivity index (χ4n) is 2.78. The van der Waals surface area contributed by atoms with E-state index < -0.39 is 10.0 Å². The van der Waals surface area contributed by atoms with E-state index in [4.69, 9.17) is 5.73 Å². The molecule has 3 rings (SSSR count). The fourth-order valence-corrected chi connectivity index (χ4v) is 4.08. The van der Waals surface area contributed by atoms with Gasteiger partial charge in [0, 0.05) is 30.7 Å². The zero-order valence-electron chi connectivity index (χ0n) is 12.8. The molecule has 0 bridgehead atoms. The Hall–Kier alpha value is -1.15. The van der Waals surface area contributed by atoms with Gasteiger partial charge in [0.2, 0.25) is 10.0 Å². The molecule has 0 radical (unpaired) electrons. The number of hydrogen-bond donors (Lipinski definition) is 2. The van der Waals surface area contributed by atoms with Crippen LogP contribution in [0, 0.1) is 0 Å². The highest BCUT2D eigenvalue weighted by Gasteiger charge is 2.30. The number of carbonyl (C=O) groups excluding carboxylic acids is 1. The van der Waals surface area contributed by atoms with Gasteiger partial charge in [0.1, 0.15) is 0 Å². The molecule has 1 unspecified atom stereocenters. The quantitative estimate of drug-likeness (QED) is 0.823. The monoisotopic (exact) mass is 359 g/mol. The minimum absolute atomic E-state index is 0. The van der Waals surface area contributed by atoms with Crippen LogP contribution in [0.15, 0.2) is 29.2 Å². The van der Waals surface area contributed by atoms with E-state index in [9.17, 15) is 13.2 Å². The maximum absolute atomic E-state index is 12.5. The van der Waals surface area contributed by atoms with Crippen LogP contribution in [0.5, 0.6) is 0 Å². The largest absolute Gasteiger partial charge is 0.334 e. The van der Waals surface area contributed by atoms with Gasteiger partial charge >= 0.3 is 0 Å². The van der Waals surface area contributed by atoms with E-state index in [2.05, 4.69) is 4.72 Å².